The molecule has 0 aromatic heterocycles. The molecule has 3 rings (SSSR count). The molecule has 18 heavy (non-hydrogen) atoms. The van der Waals surface area contributed by atoms with Crippen molar-refractivity contribution in [3.63, 3.8) is 0 Å². The third-order valence-electron chi connectivity index (χ3n) is 2.46. The normalized spacial score (nSPS) is 15.6. The van der Waals surface area contributed by atoms with E-state index in [1.165, 1.54) is 6.08 Å². The molecule has 0 unspecified atom stereocenters. The fourth-order valence-corrected chi connectivity index (χ4v) is 1.57. The largest absolute Gasteiger partial charge is 0.497 e. The highest BCUT2D eigenvalue weighted by Crippen LogP contribution is 2.16. The van der Waals surface area contributed by atoms with Gasteiger partial charge in [0.25, 0.3) is 0 Å². The molecule has 0 atom stereocenters. The average molecular weight is 240 g/mol. The highest BCUT2D eigenvalue weighted by Gasteiger charge is 2.19. The molecule has 0 saturated carbocycles. The Hall–Kier alpha value is -2.42. The summed E-state index contributed by atoms with van der Waals surface area (Å²) in [4.78, 5) is 22.1. The fraction of sp³-hybridized carbons (Fsp3) is 0.0667. The number of carbonyl (C=O) groups excluding carboxylic acids is 2. The molecule has 0 fully saturated rings. The average Bonchev–Trinajstić information content (AvgIpc) is 2.46. The maximum Gasteiger partial charge on any atom is 0.233 e. The molecule has 1 heterocycles. The zero-order valence-corrected chi connectivity index (χ0v) is 9.71. The molecule has 90 valence electrons. The van der Waals surface area contributed by atoms with Gasteiger partial charge in [-0.25, -0.2) is 0 Å². The van der Waals surface area contributed by atoms with Gasteiger partial charge in [0.15, 0.2) is 0 Å². The van der Waals surface area contributed by atoms with E-state index in [2.05, 4.69) is 0 Å². The highest BCUT2D eigenvalue weighted by molar-refractivity contribution is 6.49. The van der Waals surface area contributed by atoms with Crippen molar-refractivity contribution in [1.82, 2.24) is 0 Å². The molecule has 0 spiro atoms. The van der Waals surface area contributed by atoms with E-state index in [1.807, 2.05) is 30.4 Å². The van der Waals surface area contributed by atoms with Gasteiger partial charge in [-0.1, -0.05) is 36.4 Å². The van der Waals surface area contributed by atoms with E-state index in [-0.39, 0.29) is 0 Å². The molecule has 3 nitrogen and oxygen atoms in total. The van der Waals surface area contributed by atoms with E-state index in [1.54, 1.807) is 24.5 Å². The summed E-state index contributed by atoms with van der Waals surface area (Å²) >= 11 is 0. The second kappa shape index (κ2) is 5.77. The number of rotatable bonds is 0. The number of ether oxygens (including phenoxy) is 1. The molecular formula is C15H12O3. The molecule has 1 aromatic rings. The molecule has 0 saturated heterocycles. The van der Waals surface area contributed by atoms with Crippen LogP contribution in [0.1, 0.15) is 15.9 Å². The van der Waals surface area contributed by atoms with Crippen LogP contribution in [0.2, 0.25) is 0 Å². The van der Waals surface area contributed by atoms with Crippen LogP contribution >= 0.6 is 0 Å². The third-order valence-corrected chi connectivity index (χ3v) is 2.46. The number of ketones is 2. The van der Waals surface area contributed by atoms with Crippen molar-refractivity contribution in [2.75, 3.05) is 6.61 Å². The Balaban J connectivity index is 0.000000169. The summed E-state index contributed by atoms with van der Waals surface area (Å²) in [5.41, 5.74) is 1.33. The second-order valence-corrected chi connectivity index (χ2v) is 3.70. The number of hydrogen-bond acceptors (Lipinski definition) is 3. The van der Waals surface area contributed by atoms with Gasteiger partial charge >= 0.3 is 0 Å². The van der Waals surface area contributed by atoms with Crippen LogP contribution in [0.5, 0.6) is 0 Å². The van der Waals surface area contributed by atoms with Crippen molar-refractivity contribution in [2.45, 2.75) is 0 Å². The summed E-state index contributed by atoms with van der Waals surface area (Å²) in [6, 6.07) is 7.07. The van der Waals surface area contributed by atoms with Gasteiger partial charge < -0.3 is 4.74 Å². The molecule has 1 aromatic carbocycles. The van der Waals surface area contributed by atoms with Gasteiger partial charge in [-0.2, -0.15) is 0 Å². The van der Waals surface area contributed by atoms with Gasteiger partial charge in [0, 0.05) is 5.56 Å². The van der Waals surface area contributed by atoms with E-state index in [0.717, 1.165) is 12.2 Å². The van der Waals surface area contributed by atoms with Crippen LogP contribution in [0.4, 0.5) is 0 Å². The number of benzene rings is 1. The minimum absolute atomic E-state index is 0.409. The monoisotopic (exact) mass is 240 g/mol. The first kappa shape index (κ1) is 12.0. The minimum atomic E-state index is -0.436. The summed E-state index contributed by atoms with van der Waals surface area (Å²) in [6.07, 6.45) is 10.4. The zero-order valence-electron chi connectivity index (χ0n) is 9.71. The summed E-state index contributed by atoms with van der Waals surface area (Å²) < 4.78 is 4.80. The van der Waals surface area contributed by atoms with Gasteiger partial charge in [-0.05, 0) is 23.8 Å². The third kappa shape index (κ3) is 2.83. The molecule has 1 aliphatic carbocycles. The molecule has 0 bridgehead atoms. The smallest absolute Gasteiger partial charge is 0.233 e. The minimum Gasteiger partial charge on any atom is -0.497 e. The molecular weight excluding hydrogens is 228 g/mol. The standard InChI is InChI=1S/C10H6O2.C5H6O/c11-9-6-5-7-3-1-2-4-8(7)10(9)12;1-2-4-6-5-3-1/h1-6H;1-4H,5H2. The Morgan fingerprint density at radius 1 is 1.00 bits per heavy atom. The van der Waals surface area contributed by atoms with E-state index in [9.17, 15) is 9.59 Å². The Labute approximate surface area is 105 Å². The molecule has 0 N–H and O–H groups in total. The Morgan fingerprint density at radius 3 is 2.44 bits per heavy atom. The molecule has 2 aliphatic rings. The van der Waals surface area contributed by atoms with Crippen LogP contribution in [-0.4, -0.2) is 18.2 Å². The Bertz CT molecular complexity index is 539. The molecule has 3 heteroatoms. The summed E-state index contributed by atoms with van der Waals surface area (Å²) in [6.45, 7) is 0.733. The van der Waals surface area contributed by atoms with Crippen molar-refractivity contribution in [3.8, 4) is 0 Å². The summed E-state index contributed by atoms with van der Waals surface area (Å²) in [5.74, 6) is -0.846. The number of fused-ring (bicyclic) bond motifs is 1. The lowest BCUT2D eigenvalue weighted by Gasteiger charge is -2.06. The first-order valence-corrected chi connectivity index (χ1v) is 5.58. The zero-order chi connectivity index (χ0) is 12.8. The van der Waals surface area contributed by atoms with Crippen molar-refractivity contribution in [1.29, 1.82) is 0 Å². The maximum absolute atomic E-state index is 11.2. The quantitative estimate of drug-likeness (QED) is 0.654. The fourth-order valence-electron chi connectivity index (χ4n) is 1.57. The van der Waals surface area contributed by atoms with Crippen molar-refractivity contribution in [3.05, 3.63) is 66.0 Å². The van der Waals surface area contributed by atoms with E-state index >= 15 is 0 Å². The lowest BCUT2D eigenvalue weighted by atomic mass is 9.96. The van der Waals surface area contributed by atoms with Gasteiger partial charge in [-0.15, -0.1) is 0 Å². The topological polar surface area (TPSA) is 43.4 Å². The molecule has 0 amide bonds. The van der Waals surface area contributed by atoms with Crippen LogP contribution in [0.15, 0.2) is 54.8 Å². The molecule has 0 radical (unpaired) electrons. The highest BCUT2D eigenvalue weighted by atomic mass is 16.5. The first-order chi connectivity index (χ1) is 8.79. The Morgan fingerprint density at radius 2 is 1.83 bits per heavy atom. The maximum atomic E-state index is 11.2. The second-order valence-electron chi connectivity index (χ2n) is 3.70. The lowest BCUT2D eigenvalue weighted by molar-refractivity contribution is -0.110. The number of Topliss-reactive ketones (excluding diaryl/α,β-unsaturated/α-hetero) is 1. The molecule has 1 aliphatic heterocycles. The SMILES string of the molecule is C1=CCOC=C1.O=C1C=Cc2ccccc2C1=O. The van der Waals surface area contributed by atoms with Gasteiger partial charge in [0.2, 0.25) is 11.6 Å². The predicted octanol–water partition coefficient (Wildman–Crippen LogP) is 2.55. The summed E-state index contributed by atoms with van der Waals surface area (Å²) in [7, 11) is 0. The number of hydrogen-bond donors (Lipinski definition) is 0. The number of carbonyl (C=O) groups is 2. The van der Waals surface area contributed by atoms with Gasteiger partial charge in [0.1, 0.15) is 6.61 Å². The van der Waals surface area contributed by atoms with Crippen LogP contribution in [0.25, 0.3) is 6.08 Å². The lowest BCUT2D eigenvalue weighted by Crippen LogP contribution is -2.15. The Kier molecular flexibility index (Phi) is 3.86. The summed E-state index contributed by atoms with van der Waals surface area (Å²) in [5, 5.41) is 0. The first-order valence-electron chi connectivity index (χ1n) is 5.58. The van der Waals surface area contributed by atoms with Crippen LogP contribution in [0.3, 0.4) is 0 Å². The van der Waals surface area contributed by atoms with E-state index in [4.69, 9.17) is 4.74 Å². The van der Waals surface area contributed by atoms with Crippen LogP contribution in [-0.2, 0) is 9.53 Å². The van der Waals surface area contributed by atoms with Gasteiger partial charge in [0.05, 0.1) is 6.26 Å². The van der Waals surface area contributed by atoms with Crippen molar-refractivity contribution >= 4 is 17.6 Å². The van der Waals surface area contributed by atoms with E-state index in [0.29, 0.717) is 5.56 Å². The van der Waals surface area contributed by atoms with Gasteiger partial charge in [-0.3, -0.25) is 9.59 Å². The van der Waals surface area contributed by atoms with E-state index < -0.39 is 11.6 Å². The van der Waals surface area contributed by atoms with Crippen LogP contribution < -0.4 is 0 Å². The predicted molar refractivity (Wildman–Crippen MR) is 69.0 cm³/mol. The van der Waals surface area contributed by atoms with Crippen molar-refractivity contribution < 1.29 is 14.3 Å². The number of allylic oxidation sites excluding steroid dienone is 3. The van der Waals surface area contributed by atoms with Crippen molar-refractivity contribution in [2.24, 2.45) is 0 Å². The van der Waals surface area contributed by atoms with Crippen LogP contribution in [0, 0.1) is 0 Å².